The Kier molecular flexibility index (Phi) is 6.09. The van der Waals surface area contributed by atoms with Crippen LogP contribution in [0, 0.1) is 11.7 Å². The Hall–Kier alpha value is -2.14. The van der Waals surface area contributed by atoms with Gasteiger partial charge in [-0.05, 0) is 61.3 Å². The van der Waals surface area contributed by atoms with Crippen molar-refractivity contribution in [1.82, 2.24) is 5.32 Å². The molecule has 0 heterocycles. The first-order chi connectivity index (χ1) is 12.5. The van der Waals surface area contributed by atoms with Crippen molar-refractivity contribution < 1.29 is 9.50 Å². The lowest BCUT2D eigenvalue weighted by molar-refractivity contribution is 0.309. The highest BCUT2D eigenvalue weighted by molar-refractivity contribution is 7.80. The number of para-hydroxylation sites is 1. The van der Waals surface area contributed by atoms with Crippen LogP contribution in [0.3, 0.4) is 0 Å². The van der Waals surface area contributed by atoms with Crippen molar-refractivity contribution in [2.45, 2.75) is 45.2 Å². The molecule has 3 nitrogen and oxygen atoms in total. The molecule has 0 unspecified atom stereocenters. The summed E-state index contributed by atoms with van der Waals surface area (Å²) < 4.78 is 13.4. The van der Waals surface area contributed by atoms with E-state index < -0.39 is 0 Å². The summed E-state index contributed by atoms with van der Waals surface area (Å²) in [4.78, 5) is 1.92. The van der Waals surface area contributed by atoms with Crippen molar-refractivity contribution >= 4 is 23.0 Å². The number of halogens is 1. The highest BCUT2D eigenvalue weighted by Gasteiger charge is 2.24. The third-order valence-electron chi connectivity index (χ3n) is 5.12. The molecule has 138 valence electrons. The number of phenols is 1. The van der Waals surface area contributed by atoms with Crippen LogP contribution in [0.5, 0.6) is 5.75 Å². The Labute approximate surface area is 159 Å². The molecule has 26 heavy (non-hydrogen) atoms. The van der Waals surface area contributed by atoms with Gasteiger partial charge in [-0.1, -0.05) is 38.0 Å². The van der Waals surface area contributed by atoms with Gasteiger partial charge in [-0.3, -0.25) is 0 Å². The number of rotatable bonds is 4. The molecule has 0 saturated heterocycles. The van der Waals surface area contributed by atoms with E-state index in [-0.39, 0.29) is 11.6 Å². The number of hydrogen-bond donors (Lipinski definition) is 2. The van der Waals surface area contributed by atoms with Crippen molar-refractivity contribution in [2.75, 3.05) is 4.90 Å². The third-order valence-corrected chi connectivity index (χ3v) is 5.46. The van der Waals surface area contributed by atoms with Crippen LogP contribution >= 0.6 is 12.2 Å². The van der Waals surface area contributed by atoms with Crippen molar-refractivity contribution in [3.05, 3.63) is 59.9 Å². The summed E-state index contributed by atoms with van der Waals surface area (Å²) in [7, 11) is 0. The Morgan fingerprint density at radius 3 is 2.54 bits per heavy atom. The molecule has 2 N–H and O–H groups in total. The standard InChI is InChI=1S/C21H25FN2OS/c1-15-6-2-4-8-19(15)23-21(26)24(18-12-10-17(22)11-13-18)14-16-7-3-5-9-20(16)25/h3,5,7,9-13,15,19,25H,2,4,6,8,14H2,1H3,(H,23,26)/t15-,19-/m0/s1. The van der Waals surface area contributed by atoms with E-state index in [2.05, 4.69) is 12.2 Å². The average Bonchev–Trinajstić information content (AvgIpc) is 2.64. The maximum absolute atomic E-state index is 13.4. The molecular formula is C21H25FN2OS. The van der Waals surface area contributed by atoms with Gasteiger partial charge in [0.1, 0.15) is 11.6 Å². The molecule has 0 bridgehead atoms. The maximum atomic E-state index is 13.4. The summed E-state index contributed by atoms with van der Waals surface area (Å²) in [6, 6.07) is 13.9. The predicted molar refractivity (Wildman–Crippen MR) is 108 cm³/mol. The van der Waals surface area contributed by atoms with E-state index in [1.165, 1.54) is 31.4 Å². The zero-order valence-corrected chi connectivity index (χ0v) is 15.8. The molecule has 5 heteroatoms. The molecule has 1 saturated carbocycles. The molecule has 0 aromatic heterocycles. The molecule has 0 amide bonds. The number of phenolic OH excluding ortho intramolecular Hbond substituents is 1. The highest BCUT2D eigenvalue weighted by Crippen LogP contribution is 2.26. The van der Waals surface area contributed by atoms with Gasteiger partial charge in [-0.2, -0.15) is 0 Å². The lowest BCUT2D eigenvalue weighted by atomic mass is 9.86. The fourth-order valence-electron chi connectivity index (χ4n) is 3.48. The topological polar surface area (TPSA) is 35.5 Å². The van der Waals surface area contributed by atoms with Gasteiger partial charge in [0, 0.05) is 17.3 Å². The minimum absolute atomic E-state index is 0.230. The van der Waals surface area contributed by atoms with E-state index in [4.69, 9.17) is 12.2 Å². The number of hydrogen-bond acceptors (Lipinski definition) is 2. The van der Waals surface area contributed by atoms with Crippen molar-refractivity contribution in [2.24, 2.45) is 5.92 Å². The SMILES string of the molecule is C[C@H]1CCCC[C@@H]1NC(=S)N(Cc1ccccc1O)c1ccc(F)cc1. The normalized spacial score (nSPS) is 19.8. The van der Waals surface area contributed by atoms with E-state index in [0.29, 0.717) is 23.6 Å². The van der Waals surface area contributed by atoms with Gasteiger partial charge in [0.15, 0.2) is 5.11 Å². The highest BCUT2D eigenvalue weighted by atomic mass is 32.1. The molecule has 2 aromatic rings. The van der Waals surface area contributed by atoms with Crippen LogP contribution in [0.4, 0.5) is 10.1 Å². The minimum Gasteiger partial charge on any atom is -0.508 e. The predicted octanol–water partition coefficient (Wildman–Crippen LogP) is 4.99. The van der Waals surface area contributed by atoms with Crippen molar-refractivity contribution in [1.29, 1.82) is 0 Å². The zero-order valence-electron chi connectivity index (χ0n) is 15.0. The second kappa shape index (κ2) is 8.49. The van der Waals surface area contributed by atoms with Crippen LogP contribution in [-0.2, 0) is 6.54 Å². The Morgan fingerprint density at radius 2 is 1.85 bits per heavy atom. The van der Waals surface area contributed by atoms with Gasteiger partial charge in [-0.25, -0.2) is 4.39 Å². The molecule has 2 aromatic carbocycles. The number of nitrogens with one attached hydrogen (secondary N) is 1. The molecule has 0 spiro atoms. The van der Waals surface area contributed by atoms with Gasteiger partial charge in [0.2, 0.25) is 0 Å². The fraction of sp³-hybridized carbons (Fsp3) is 0.381. The van der Waals surface area contributed by atoms with Crippen LogP contribution in [-0.4, -0.2) is 16.3 Å². The van der Waals surface area contributed by atoms with Gasteiger partial charge >= 0.3 is 0 Å². The number of benzene rings is 2. The van der Waals surface area contributed by atoms with Crippen LogP contribution in [0.25, 0.3) is 0 Å². The van der Waals surface area contributed by atoms with Crippen LogP contribution < -0.4 is 10.2 Å². The average molecular weight is 373 g/mol. The lowest BCUT2D eigenvalue weighted by Crippen LogP contribution is -2.47. The summed E-state index contributed by atoms with van der Waals surface area (Å²) in [5, 5.41) is 14.3. The largest absolute Gasteiger partial charge is 0.508 e. The molecule has 1 fully saturated rings. The van der Waals surface area contributed by atoms with Crippen molar-refractivity contribution in [3.8, 4) is 5.75 Å². The van der Waals surface area contributed by atoms with Gasteiger partial charge in [0.05, 0.1) is 6.54 Å². The van der Waals surface area contributed by atoms with Crippen LogP contribution in [0.1, 0.15) is 38.2 Å². The smallest absolute Gasteiger partial charge is 0.174 e. The number of aromatic hydroxyl groups is 1. The first kappa shape index (κ1) is 18.6. The molecule has 0 aliphatic heterocycles. The summed E-state index contributed by atoms with van der Waals surface area (Å²) in [5.41, 5.74) is 1.58. The molecule has 3 rings (SSSR count). The lowest BCUT2D eigenvalue weighted by Gasteiger charge is -2.34. The number of nitrogens with zero attached hydrogens (tertiary/aromatic N) is 1. The third kappa shape index (κ3) is 4.52. The summed E-state index contributed by atoms with van der Waals surface area (Å²) >= 11 is 5.71. The van der Waals surface area contributed by atoms with E-state index >= 15 is 0 Å². The van der Waals surface area contributed by atoms with Crippen LogP contribution in [0.2, 0.25) is 0 Å². The molecule has 0 radical (unpaired) electrons. The summed E-state index contributed by atoms with van der Waals surface area (Å²) in [6.45, 7) is 2.68. The summed E-state index contributed by atoms with van der Waals surface area (Å²) in [5.74, 6) is 0.520. The molecule has 1 aliphatic carbocycles. The number of anilines is 1. The van der Waals surface area contributed by atoms with Crippen LogP contribution in [0.15, 0.2) is 48.5 Å². The zero-order chi connectivity index (χ0) is 18.5. The molecule has 2 atom stereocenters. The van der Waals surface area contributed by atoms with Gasteiger partial charge in [0.25, 0.3) is 0 Å². The minimum atomic E-state index is -0.281. The fourth-order valence-corrected chi connectivity index (χ4v) is 3.80. The van der Waals surface area contributed by atoms with E-state index in [1.807, 2.05) is 17.0 Å². The Balaban J connectivity index is 1.83. The second-order valence-electron chi connectivity index (χ2n) is 7.01. The van der Waals surface area contributed by atoms with E-state index in [1.54, 1.807) is 24.3 Å². The molecular weight excluding hydrogens is 347 g/mol. The van der Waals surface area contributed by atoms with E-state index in [0.717, 1.165) is 17.7 Å². The Bertz CT molecular complexity index is 750. The summed E-state index contributed by atoms with van der Waals surface area (Å²) in [6.07, 6.45) is 4.79. The van der Waals surface area contributed by atoms with E-state index in [9.17, 15) is 9.50 Å². The second-order valence-corrected chi connectivity index (χ2v) is 7.40. The first-order valence-electron chi connectivity index (χ1n) is 9.15. The quantitative estimate of drug-likeness (QED) is 0.741. The van der Waals surface area contributed by atoms with Crippen molar-refractivity contribution in [3.63, 3.8) is 0 Å². The Morgan fingerprint density at radius 1 is 1.15 bits per heavy atom. The van der Waals surface area contributed by atoms with Gasteiger partial charge < -0.3 is 15.3 Å². The first-order valence-corrected chi connectivity index (χ1v) is 9.56. The molecule has 1 aliphatic rings. The van der Waals surface area contributed by atoms with Gasteiger partial charge in [-0.15, -0.1) is 0 Å². The number of thiocarbonyl (C=S) groups is 1. The maximum Gasteiger partial charge on any atom is 0.174 e. The monoisotopic (exact) mass is 372 g/mol.